The highest BCUT2D eigenvalue weighted by Gasteiger charge is 2.34. The van der Waals surface area contributed by atoms with Crippen molar-refractivity contribution >= 4 is 32.9 Å². The number of hydrogen-bond donors (Lipinski definition) is 1. The lowest BCUT2D eigenvalue weighted by atomic mass is 10.2. The minimum atomic E-state index is -2.99. The molecule has 24 heavy (non-hydrogen) atoms. The average molecular weight is 364 g/mol. The highest BCUT2D eigenvalue weighted by molar-refractivity contribution is 7.91. The molecule has 1 fully saturated rings. The molecule has 3 rings (SSSR count). The summed E-state index contributed by atoms with van der Waals surface area (Å²) in [6, 6.07) is 11.4. The number of thiocarbonyl (C=S) groups is 1. The Morgan fingerprint density at radius 2 is 2.12 bits per heavy atom. The molecule has 7 heteroatoms. The predicted octanol–water partition coefficient (Wildman–Crippen LogP) is 2.97. The molecule has 0 aliphatic carbocycles. The van der Waals surface area contributed by atoms with Crippen LogP contribution in [-0.4, -0.2) is 36.0 Å². The highest BCUT2D eigenvalue weighted by atomic mass is 32.2. The first-order valence-corrected chi connectivity index (χ1v) is 10.0. The lowest BCUT2D eigenvalue weighted by Crippen LogP contribution is -2.43. The number of anilines is 1. The van der Waals surface area contributed by atoms with Gasteiger partial charge in [-0.25, -0.2) is 8.42 Å². The van der Waals surface area contributed by atoms with E-state index in [1.165, 1.54) is 0 Å². The first kappa shape index (κ1) is 17.0. The molecule has 2 aromatic rings. The third kappa shape index (κ3) is 3.96. The third-order valence-corrected chi connectivity index (χ3v) is 6.29. The van der Waals surface area contributed by atoms with Crippen molar-refractivity contribution in [3.63, 3.8) is 0 Å². The van der Waals surface area contributed by atoms with E-state index in [9.17, 15) is 8.42 Å². The normalized spacial score (nSPS) is 19.1. The molecule has 0 saturated carbocycles. The molecular weight excluding hydrogens is 344 g/mol. The van der Waals surface area contributed by atoms with Crippen LogP contribution < -0.4 is 5.32 Å². The van der Waals surface area contributed by atoms with Gasteiger partial charge in [-0.3, -0.25) is 0 Å². The first-order chi connectivity index (χ1) is 11.4. The smallest absolute Gasteiger partial charge is 0.174 e. The predicted molar refractivity (Wildman–Crippen MR) is 98.7 cm³/mol. The average Bonchev–Trinajstić information content (AvgIpc) is 3.16. The fourth-order valence-corrected chi connectivity index (χ4v) is 4.91. The molecule has 1 aromatic heterocycles. The number of nitrogens with one attached hydrogen (secondary N) is 1. The summed E-state index contributed by atoms with van der Waals surface area (Å²) >= 11 is 5.58. The highest BCUT2D eigenvalue weighted by Crippen LogP contribution is 2.22. The van der Waals surface area contributed by atoms with Gasteiger partial charge in [-0.05, 0) is 49.3 Å². The minimum Gasteiger partial charge on any atom is -0.467 e. The monoisotopic (exact) mass is 364 g/mol. The van der Waals surface area contributed by atoms with E-state index in [2.05, 4.69) is 5.32 Å². The Kier molecular flexibility index (Phi) is 4.91. The van der Waals surface area contributed by atoms with Gasteiger partial charge in [0.2, 0.25) is 0 Å². The number of nitrogens with zero attached hydrogens (tertiary/aromatic N) is 1. The second kappa shape index (κ2) is 6.94. The molecule has 1 atom stereocenters. The number of furan rings is 1. The van der Waals surface area contributed by atoms with Gasteiger partial charge in [0.1, 0.15) is 5.76 Å². The quantitative estimate of drug-likeness (QED) is 0.842. The van der Waals surface area contributed by atoms with Gasteiger partial charge in [0.15, 0.2) is 14.9 Å². The second-order valence-corrected chi connectivity index (χ2v) is 8.62. The Balaban J connectivity index is 1.81. The van der Waals surface area contributed by atoms with Crippen molar-refractivity contribution in [2.75, 3.05) is 16.8 Å². The lowest BCUT2D eigenvalue weighted by Gasteiger charge is -2.30. The van der Waals surface area contributed by atoms with Crippen LogP contribution in [0.1, 0.15) is 17.7 Å². The van der Waals surface area contributed by atoms with Crippen molar-refractivity contribution in [1.82, 2.24) is 4.90 Å². The van der Waals surface area contributed by atoms with Crippen LogP contribution in [-0.2, 0) is 16.4 Å². The Hall–Kier alpha value is -1.86. The third-order valence-electron chi connectivity index (χ3n) is 4.20. The van der Waals surface area contributed by atoms with E-state index >= 15 is 0 Å². The molecule has 0 amide bonds. The Morgan fingerprint density at radius 1 is 1.33 bits per heavy atom. The number of benzene rings is 1. The molecule has 1 aromatic carbocycles. The van der Waals surface area contributed by atoms with E-state index < -0.39 is 9.84 Å². The zero-order valence-electron chi connectivity index (χ0n) is 13.4. The van der Waals surface area contributed by atoms with E-state index in [1.54, 1.807) is 6.26 Å². The van der Waals surface area contributed by atoms with E-state index in [0.29, 0.717) is 18.1 Å². The van der Waals surface area contributed by atoms with Gasteiger partial charge in [0.25, 0.3) is 0 Å². The molecule has 0 unspecified atom stereocenters. The molecule has 1 aliphatic rings. The van der Waals surface area contributed by atoms with E-state index in [0.717, 1.165) is 17.0 Å². The first-order valence-electron chi connectivity index (χ1n) is 7.81. The zero-order valence-corrected chi connectivity index (χ0v) is 15.1. The maximum absolute atomic E-state index is 11.9. The standard InChI is InChI=1S/C17H20N2O3S2/c1-13-5-2-3-7-16(13)18-17(23)19(11-15-6-4-9-22-15)14-8-10-24(20,21)12-14/h2-7,9,14H,8,10-12H2,1H3,(H,18,23)/t14-/m1/s1. The molecule has 1 aliphatic heterocycles. The summed E-state index contributed by atoms with van der Waals surface area (Å²) in [5.74, 6) is 1.09. The summed E-state index contributed by atoms with van der Waals surface area (Å²) in [6.07, 6.45) is 2.19. The summed E-state index contributed by atoms with van der Waals surface area (Å²) in [6.45, 7) is 2.45. The number of rotatable bonds is 4. The SMILES string of the molecule is Cc1ccccc1NC(=S)N(Cc1ccco1)[C@@H]1CCS(=O)(=O)C1. The van der Waals surface area contributed by atoms with Crippen molar-refractivity contribution < 1.29 is 12.8 Å². The van der Waals surface area contributed by atoms with Crippen LogP contribution in [0, 0.1) is 6.92 Å². The summed E-state index contributed by atoms with van der Waals surface area (Å²) in [4.78, 5) is 1.92. The van der Waals surface area contributed by atoms with Crippen LogP contribution in [0.15, 0.2) is 47.1 Å². The molecule has 0 bridgehead atoms. The topological polar surface area (TPSA) is 62.6 Å². The lowest BCUT2D eigenvalue weighted by molar-refractivity contribution is 0.302. The molecule has 0 radical (unpaired) electrons. The van der Waals surface area contributed by atoms with Crippen LogP contribution in [0.25, 0.3) is 0 Å². The molecule has 5 nitrogen and oxygen atoms in total. The zero-order chi connectivity index (χ0) is 17.2. The van der Waals surface area contributed by atoms with Gasteiger partial charge in [0.05, 0.1) is 24.3 Å². The van der Waals surface area contributed by atoms with Crippen molar-refractivity contribution in [1.29, 1.82) is 0 Å². The minimum absolute atomic E-state index is 0.128. The molecule has 0 spiro atoms. The van der Waals surface area contributed by atoms with Crippen molar-refractivity contribution in [2.45, 2.75) is 25.9 Å². The van der Waals surface area contributed by atoms with Gasteiger partial charge in [-0.1, -0.05) is 18.2 Å². The van der Waals surface area contributed by atoms with Gasteiger partial charge in [-0.2, -0.15) is 0 Å². The fourth-order valence-electron chi connectivity index (χ4n) is 2.86. The van der Waals surface area contributed by atoms with Crippen LogP contribution in [0.5, 0.6) is 0 Å². The van der Waals surface area contributed by atoms with Crippen LogP contribution in [0.3, 0.4) is 0 Å². The van der Waals surface area contributed by atoms with E-state index in [4.69, 9.17) is 16.6 Å². The molecule has 1 N–H and O–H groups in total. The molecular formula is C17H20N2O3S2. The van der Waals surface area contributed by atoms with Crippen LogP contribution in [0.2, 0.25) is 0 Å². The molecule has 1 saturated heterocycles. The molecule has 128 valence electrons. The van der Waals surface area contributed by atoms with E-state index in [-0.39, 0.29) is 17.5 Å². The number of aryl methyl sites for hydroxylation is 1. The largest absolute Gasteiger partial charge is 0.467 e. The van der Waals surface area contributed by atoms with Crippen LogP contribution in [0.4, 0.5) is 5.69 Å². The Bertz CT molecular complexity index is 816. The summed E-state index contributed by atoms with van der Waals surface area (Å²) in [5, 5.41) is 3.76. The van der Waals surface area contributed by atoms with Crippen molar-refractivity contribution in [3.05, 3.63) is 54.0 Å². The van der Waals surface area contributed by atoms with Crippen molar-refractivity contribution in [3.8, 4) is 0 Å². The number of sulfone groups is 1. The van der Waals surface area contributed by atoms with Gasteiger partial charge < -0.3 is 14.6 Å². The number of hydrogen-bond acceptors (Lipinski definition) is 4. The second-order valence-electron chi connectivity index (χ2n) is 6.01. The van der Waals surface area contributed by atoms with Gasteiger partial charge in [0, 0.05) is 11.7 Å². The van der Waals surface area contributed by atoms with Crippen molar-refractivity contribution in [2.24, 2.45) is 0 Å². The Morgan fingerprint density at radius 3 is 2.75 bits per heavy atom. The fraction of sp³-hybridized carbons (Fsp3) is 0.353. The van der Waals surface area contributed by atoms with Gasteiger partial charge in [-0.15, -0.1) is 0 Å². The summed E-state index contributed by atoms with van der Waals surface area (Å²) < 4.78 is 29.2. The number of para-hydroxylation sites is 1. The van der Waals surface area contributed by atoms with Gasteiger partial charge >= 0.3 is 0 Å². The molecule has 2 heterocycles. The van der Waals surface area contributed by atoms with E-state index in [1.807, 2.05) is 48.2 Å². The summed E-state index contributed by atoms with van der Waals surface area (Å²) in [7, 11) is -2.99. The maximum Gasteiger partial charge on any atom is 0.174 e. The maximum atomic E-state index is 11.9. The van der Waals surface area contributed by atoms with Crippen LogP contribution >= 0.6 is 12.2 Å². The summed E-state index contributed by atoms with van der Waals surface area (Å²) in [5.41, 5.74) is 2.00. The Labute approximate surface area is 147 Å².